The van der Waals surface area contributed by atoms with Crippen LogP contribution in [0, 0.1) is 0 Å². The molecule has 1 saturated heterocycles. The number of alkyl halides is 3. The molecule has 2 aromatic carbocycles. The molecule has 7 nitrogen and oxygen atoms in total. The Kier molecular flexibility index (Phi) is 7.62. The van der Waals surface area contributed by atoms with Crippen molar-refractivity contribution >= 4 is 27.5 Å². The average molecular weight is 484 g/mol. The maximum absolute atomic E-state index is 12.8. The van der Waals surface area contributed by atoms with E-state index in [0.717, 1.165) is 44.5 Å². The molecule has 0 atom stereocenters. The molecule has 33 heavy (non-hydrogen) atoms. The maximum Gasteiger partial charge on any atom is 0.416 e. The molecule has 178 valence electrons. The molecular formula is C22H24F3N3O4S. The van der Waals surface area contributed by atoms with Crippen LogP contribution in [-0.2, 0) is 21.0 Å². The highest BCUT2D eigenvalue weighted by Gasteiger charge is 2.30. The van der Waals surface area contributed by atoms with Gasteiger partial charge < -0.3 is 10.2 Å². The van der Waals surface area contributed by atoms with E-state index in [1.165, 1.54) is 30.3 Å². The Morgan fingerprint density at radius 2 is 1.64 bits per heavy atom. The van der Waals surface area contributed by atoms with Crippen LogP contribution in [0.1, 0.15) is 41.6 Å². The fourth-order valence-electron chi connectivity index (χ4n) is 3.44. The molecule has 0 radical (unpaired) electrons. The minimum absolute atomic E-state index is 0.0166. The van der Waals surface area contributed by atoms with Crippen molar-refractivity contribution in [2.45, 2.75) is 36.8 Å². The lowest BCUT2D eigenvalue weighted by Crippen LogP contribution is -2.37. The van der Waals surface area contributed by atoms with Gasteiger partial charge in [-0.15, -0.1) is 0 Å². The Bertz CT molecular complexity index is 1100. The molecule has 0 aromatic heterocycles. The van der Waals surface area contributed by atoms with E-state index in [4.69, 9.17) is 0 Å². The molecule has 0 spiro atoms. The first kappa shape index (κ1) is 24.6. The predicted molar refractivity (Wildman–Crippen MR) is 116 cm³/mol. The summed E-state index contributed by atoms with van der Waals surface area (Å²) >= 11 is 0. The number of sulfonamides is 1. The Morgan fingerprint density at radius 1 is 0.970 bits per heavy atom. The molecule has 2 amide bonds. The van der Waals surface area contributed by atoms with E-state index in [1.807, 2.05) is 0 Å². The van der Waals surface area contributed by atoms with Crippen molar-refractivity contribution in [2.24, 2.45) is 0 Å². The predicted octanol–water partition coefficient (Wildman–Crippen LogP) is 3.64. The third kappa shape index (κ3) is 6.70. The summed E-state index contributed by atoms with van der Waals surface area (Å²) in [6.07, 6.45) is -1.35. The zero-order valence-electron chi connectivity index (χ0n) is 17.7. The molecule has 0 bridgehead atoms. The minimum Gasteiger partial charge on any atom is -0.352 e. The Balaban J connectivity index is 1.57. The summed E-state index contributed by atoms with van der Waals surface area (Å²) in [4.78, 5) is 26.0. The van der Waals surface area contributed by atoms with Crippen LogP contribution in [0.25, 0.3) is 0 Å². The second kappa shape index (κ2) is 10.2. The van der Waals surface area contributed by atoms with Crippen LogP contribution in [-0.4, -0.2) is 44.8 Å². The number of nitrogens with one attached hydrogen (secondary N) is 2. The number of piperidine rings is 1. The summed E-state index contributed by atoms with van der Waals surface area (Å²) in [5.41, 5.74) is -1.02. The Hall–Kier alpha value is -3.08. The van der Waals surface area contributed by atoms with Gasteiger partial charge in [0.25, 0.3) is 15.9 Å². The van der Waals surface area contributed by atoms with E-state index in [0.29, 0.717) is 6.07 Å². The first-order valence-electron chi connectivity index (χ1n) is 10.4. The normalized spacial score (nSPS) is 14.6. The molecule has 1 aliphatic heterocycles. The highest BCUT2D eigenvalue weighted by atomic mass is 32.2. The number of rotatable bonds is 7. The van der Waals surface area contributed by atoms with Crippen molar-refractivity contribution in [1.29, 1.82) is 0 Å². The topological polar surface area (TPSA) is 95.6 Å². The molecule has 2 N–H and O–H groups in total. The van der Waals surface area contributed by atoms with E-state index < -0.39 is 27.7 Å². The summed E-state index contributed by atoms with van der Waals surface area (Å²) in [5.74, 6) is -0.478. The summed E-state index contributed by atoms with van der Waals surface area (Å²) in [5, 5.41) is 2.63. The lowest BCUT2D eigenvalue weighted by Gasteiger charge is -2.26. The third-order valence-electron chi connectivity index (χ3n) is 5.20. The summed E-state index contributed by atoms with van der Waals surface area (Å²) in [6, 6.07) is 8.80. The number of hydrogen-bond donors (Lipinski definition) is 2. The van der Waals surface area contributed by atoms with Gasteiger partial charge in [-0.1, -0.05) is 6.07 Å². The van der Waals surface area contributed by atoms with Crippen LogP contribution < -0.4 is 10.0 Å². The number of hydrogen-bond acceptors (Lipinski definition) is 4. The van der Waals surface area contributed by atoms with Gasteiger partial charge in [-0.25, -0.2) is 8.42 Å². The van der Waals surface area contributed by atoms with Gasteiger partial charge in [0.1, 0.15) is 0 Å². The van der Waals surface area contributed by atoms with Crippen molar-refractivity contribution in [3.8, 4) is 0 Å². The largest absolute Gasteiger partial charge is 0.416 e. The van der Waals surface area contributed by atoms with Gasteiger partial charge in [-0.2, -0.15) is 13.2 Å². The molecule has 2 aromatic rings. The van der Waals surface area contributed by atoms with Gasteiger partial charge in [0.2, 0.25) is 5.91 Å². The van der Waals surface area contributed by atoms with Gasteiger partial charge >= 0.3 is 6.18 Å². The summed E-state index contributed by atoms with van der Waals surface area (Å²) < 4.78 is 65.6. The quantitative estimate of drug-likeness (QED) is 0.629. The van der Waals surface area contributed by atoms with Crippen LogP contribution in [0.5, 0.6) is 0 Å². The standard InChI is InChI=1S/C22H24F3N3O4S/c23-22(24,25)17-5-4-6-18(15-17)27-33(31,32)19-9-7-16(8-10-19)21(30)26-12-11-20(29)28-13-2-1-3-14-28/h4-10,15,27H,1-3,11-14H2,(H,26,30). The third-order valence-corrected chi connectivity index (χ3v) is 6.60. The van der Waals surface area contributed by atoms with Crippen LogP contribution >= 0.6 is 0 Å². The SMILES string of the molecule is O=C(NCCC(=O)N1CCCCC1)c1ccc(S(=O)(=O)Nc2cccc(C(F)(F)F)c2)cc1. The first-order chi connectivity index (χ1) is 15.6. The van der Waals surface area contributed by atoms with Gasteiger partial charge in [0.15, 0.2) is 0 Å². The molecule has 0 unspecified atom stereocenters. The number of carbonyl (C=O) groups excluding carboxylic acids is 2. The molecule has 3 rings (SSSR count). The van der Waals surface area contributed by atoms with Crippen LogP contribution in [0.4, 0.5) is 18.9 Å². The first-order valence-corrected chi connectivity index (χ1v) is 11.9. The van der Waals surface area contributed by atoms with Gasteiger partial charge in [-0.3, -0.25) is 14.3 Å². The number of benzene rings is 2. The number of nitrogens with zero attached hydrogens (tertiary/aromatic N) is 1. The fraction of sp³-hybridized carbons (Fsp3) is 0.364. The van der Waals surface area contributed by atoms with E-state index in [1.54, 1.807) is 4.90 Å². The Morgan fingerprint density at radius 3 is 2.27 bits per heavy atom. The van der Waals surface area contributed by atoms with Crippen LogP contribution in [0.2, 0.25) is 0 Å². The summed E-state index contributed by atoms with van der Waals surface area (Å²) in [6.45, 7) is 1.62. The lowest BCUT2D eigenvalue weighted by atomic mass is 10.1. The van der Waals surface area contributed by atoms with Crippen LogP contribution in [0.3, 0.4) is 0 Å². The molecule has 0 saturated carbocycles. The van der Waals surface area contributed by atoms with E-state index in [-0.39, 0.29) is 35.0 Å². The second-order valence-electron chi connectivity index (χ2n) is 7.66. The van der Waals surface area contributed by atoms with E-state index >= 15 is 0 Å². The number of anilines is 1. The van der Waals surface area contributed by atoms with Crippen molar-refractivity contribution in [3.05, 3.63) is 59.7 Å². The maximum atomic E-state index is 12.8. The zero-order valence-corrected chi connectivity index (χ0v) is 18.5. The molecule has 1 aliphatic rings. The minimum atomic E-state index is -4.60. The highest BCUT2D eigenvalue weighted by molar-refractivity contribution is 7.92. The summed E-state index contributed by atoms with van der Waals surface area (Å²) in [7, 11) is -4.16. The number of likely N-dealkylation sites (tertiary alicyclic amines) is 1. The molecular weight excluding hydrogens is 459 g/mol. The van der Waals surface area contributed by atoms with Crippen molar-refractivity contribution in [2.75, 3.05) is 24.4 Å². The Labute approximate surface area is 190 Å². The molecule has 11 heteroatoms. The average Bonchev–Trinajstić information content (AvgIpc) is 2.79. The second-order valence-corrected chi connectivity index (χ2v) is 9.34. The van der Waals surface area contributed by atoms with Crippen molar-refractivity contribution < 1.29 is 31.2 Å². The molecule has 1 fully saturated rings. The highest BCUT2D eigenvalue weighted by Crippen LogP contribution is 2.31. The number of halogens is 3. The zero-order chi connectivity index (χ0) is 24.1. The van der Waals surface area contributed by atoms with Gasteiger partial charge in [0.05, 0.1) is 10.5 Å². The van der Waals surface area contributed by atoms with Crippen LogP contribution in [0.15, 0.2) is 53.4 Å². The van der Waals surface area contributed by atoms with E-state index in [9.17, 15) is 31.2 Å². The van der Waals surface area contributed by atoms with Gasteiger partial charge in [-0.05, 0) is 61.7 Å². The molecule has 1 heterocycles. The fourth-order valence-corrected chi connectivity index (χ4v) is 4.49. The smallest absolute Gasteiger partial charge is 0.352 e. The van der Waals surface area contributed by atoms with E-state index in [2.05, 4.69) is 10.0 Å². The monoisotopic (exact) mass is 483 g/mol. The van der Waals surface area contributed by atoms with Crippen molar-refractivity contribution in [1.82, 2.24) is 10.2 Å². The number of carbonyl (C=O) groups is 2. The van der Waals surface area contributed by atoms with Crippen molar-refractivity contribution in [3.63, 3.8) is 0 Å². The van der Waals surface area contributed by atoms with Gasteiger partial charge in [0, 0.05) is 37.3 Å². The number of amides is 2. The lowest BCUT2D eigenvalue weighted by molar-refractivity contribution is -0.137. The molecule has 0 aliphatic carbocycles.